The molecule has 0 bridgehead atoms. The minimum Gasteiger partial charge on any atom is -0.478 e. The smallest absolute Gasteiger partial charge is 0.337 e. The topological polar surface area (TPSA) is 101 Å². The molecule has 4 rings (SSSR count). The minimum absolute atomic E-state index is 0.0318. The number of thiophene rings is 1. The fraction of sp³-hybridized carbons (Fsp3) is 0.0909. The Balaban J connectivity index is 1.82. The molecule has 0 atom stereocenters. The summed E-state index contributed by atoms with van der Waals surface area (Å²) in [6.07, 6.45) is 0. The van der Waals surface area contributed by atoms with Crippen LogP contribution < -0.4 is 10.9 Å². The van der Waals surface area contributed by atoms with Gasteiger partial charge in [0.25, 0.3) is 5.56 Å². The van der Waals surface area contributed by atoms with E-state index in [0.29, 0.717) is 21.1 Å². The van der Waals surface area contributed by atoms with Crippen LogP contribution in [0, 0.1) is 6.92 Å². The Morgan fingerprint density at radius 1 is 1.16 bits per heavy atom. The molecule has 0 unspecified atom stereocenters. The van der Waals surface area contributed by atoms with E-state index in [4.69, 9.17) is 23.2 Å². The van der Waals surface area contributed by atoms with Gasteiger partial charge in [-0.1, -0.05) is 53.0 Å². The molecule has 10 heteroatoms. The molecule has 0 spiro atoms. The van der Waals surface area contributed by atoms with Crippen molar-refractivity contribution in [2.75, 3.05) is 5.32 Å². The molecule has 4 aromatic rings. The van der Waals surface area contributed by atoms with E-state index in [1.54, 1.807) is 24.3 Å². The number of carbonyl (C=O) groups is 2. The molecule has 1 amide bonds. The van der Waals surface area contributed by atoms with Gasteiger partial charge in [0.15, 0.2) is 0 Å². The largest absolute Gasteiger partial charge is 0.478 e. The maximum atomic E-state index is 13.3. The number of halogens is 2. The maximum Gasteiger partial charge on any atom is 0.337 e. The van der Waals surface area contributed by atoms with E-state index >= 15 is 0 Å². The first-order valence-electron chi connectivity index (χ1n) is 9.32. The normalized spacial score (nSPS) is 11.0. The van der Waals surface area contributed by atoms with Gasteiger partial charge >= 0.3 is 5.97 Å². The van der Waals surface area contributed by atoms with Crippen LogP contribution in [0.2, 0.25) is 10.0 Å². The predicted octanol–water partition coefficient (Wildman–Crippen LogP) is 5.08. The fourth-order valence-corrected chi connectivity index (χ4v) is 4.53. The van der Waals surface area contributed by atoms with Gasteiger partial charge in [-0.05, 0) is 25.1 Å². The number of benzene rings is 2. The standard InChI is InChI=1S/C22H15Cl2N3O4S/c1-11-2-4-12(5-3-11)19-26-20-18(14(10-32-20)22(30)31)21(29)27(19)9-17(28)25-16-7-6-13(23)8-15(16)24/h2-8,10H,9H2,1H3,(H,25,28)(H,30,31). The highest BCUT2D eigenvalue weighted by atomic mass is 35.5. The summed E-state index contributed by atoms with van der Waals surface area (Å²) < 4.78 is 1.17. The van der Waals surface area contributed by atoms with E-state index in [1.165, 1.54) is 16.0 Å². The van der Waals surface area contributed by atoms with E-state index in [9.17, 15) is 19.5 Å². The molecule has 7 nitrogen and oxygen atoms in total. The first kappa shape index (κ1) is 22.0. The van der Waals surface area contributed by atoms with Crippen molar-refractivity contribution in [3.8, 4) is 11.4 Å². The first-order valence-corrected chi connectivity index (χ1v) is 11.0. The molecule has 0 fully saturated rings. The number of amides is 1. The van der Waals surface area contributed by atoms with Gasteiger partial charge in [0, 0.05) is 16.0 Å². The molecule has 162 valence electrons. The Labute approximate surface area is 195 Å². The quantitative estimate of drug-likeness (QED) is 0.408. The van der Waals surface area contributed by atoms with Gasteiger partial charge < -0.3 is 10.4 Å². The number of anilines is 1. The highest BCUT2D eigenvalue weighted by molar-refractivity contribution is 7.17. The summed E-state index contributed by atoms with van der Waals surface area (Å²) in [5.74, 6) is -1.50. The van der Waals surface area contributed by atoms with Gasteiger partial charge in [0.2, 0.25) is 5.91 Å². The van der Waals surface area contributed by atoms with Crippen molar-refractivity contribution >= 4 is 62.3 Å². The zero-order valence-corrected chi connectivity index (χ0v) is 18.9. The van der Waals surface area contributed by atoms with Crippen molar-refractivity contribution in [2.45, 2.75) is 13.5 Å². The van der Waals surface area contributed by atoms with Crippen LogP contribution in [0.3, 0.4) is 0 Å². The number of nitrogens with zero attached hydrogens (tertiary/aromatic N) is 2. The second kappa shape index (κ2) is 8.74. The fourth-order valence-electron chi connectivity index (χ4n) is 3.18. The summed E-state index contributed by atoms with van der Waals surface area (Å²) in [6.45, 7) is 1.54. The number of aromatic carboxylic acids is 1. The van der Waals surface area contributed by atoms with Crippen LogP contribution in [0.4, 0.5) is 5.69 Å². The molecular weight excluding hydrogens is 473 g/mol. The number of hydrogen-bond acceptors (Lipinski definition) is 5. The van der Waals surface area contributed by atoms with Crippen LogP contribution in [0.15, 0.2) is 52.6 Å². The SMILES string of the molecule is Cc1ccc(-c2nc3scc(C(=O)O)c3c(=O)n2CC(=O)Nc2ccc(Cl)cc2Cl)cc1. The lowest BCUT2D eigenvalue weighted by molar-refractivity contribution is -0.116. The van der Waals surface area contributed by atoms with Crippen LogP contribution in [-0.4, -0.2) is 26.5 Å². The van der Waals surface area contributed by atoms with Crippen LogP contribution in [0.5, 0.6) is 0 Å². The highest BCUT2D eigenvalue weighted by Crippen LogP contribution is 2.27. The third kappa shape index (κ3) is 4.25. The summed E-state index contributed by atoms with van der Waals surface area (Å²) in [5, 5.41) is 14.1. The number of fused-ring (bicyclic) bond motifs is 1. The van der Waals surface area contributed by atoms with Gasteiger partial charge in [0.05, 0.1) is 21.7 Å². The summed E-state index contributed by atoms with van der Waals surface area (Å²) in [5.41, 5.74) is 1.22. The summed E-state index contributed by atoms with van der Waals surface area (Å²) in [4.78, 5) is 42.5. The molecule has 2 aromatic carbocycles. The second-order valence-electron chi connectivity index (χ2n) is 7.00. The number of carboxylic acids is 1. The Bertz CT molecular complexity index is 1430. The Kier molecular flexibility index (Phi) is 6.01. The number of aryl methyl sites for hydroxylation is 1. The lowest BCUT2D eigenvalue weighted by Crippen LogP contribution is -2.30. The highest BCUT2D eigenvalue weighted by Gasteiger charge is 2.22. The molecule has 0 aliphatic rings. The number of carboxylic acid groups (broad SMARTS) is 1. The van der Waals surface area contributed by atoms with Crippen molar-refractivity contribution in [2.24, 2.45) is 0 Å². The molecule has 0 saturated carbocycles. The molecule has 2 aromatic heterocycles. The van der Waals surface area contributed by atoms with Crippen LogP contribution in [0.1, 0.15) is 15.9 Å². The van der Waals surface area contributed by atoms with Crippen molar-refractivity contribution < 1.29 is 14.7 Å². The van der Waals surface area contributed by atoms with E-state index in [2.05, 4.69) is 10.3 Å². The van der Waals surface area contributed by atoms with Crippen molar-refractivity contribution in [3.63, 3.8) is 0 Å². The summed E-state index contributed by atoms with van der Waals surface area (Å²) in [7, 11) is 0. The second-order valence-corrected chi connectivity index (χ2v) is 8.70. The third-order valence-corrected chi connectivity index (χ3v) is 6.16. The van der Waals surface area contributed by atoms with E-state index in [1.807, 2.05) is 19.1 Å². The Morgan fingerprint density at radius 2 is 1.88 bits per heavy atom. The summed E-state index contributed by atoms with van der Waals surface area (Å²) >= 11 is 13.1. The molecule has 0 saturated heterocycles. The number of aromatic nitrogens is 2. The van der Waals surface area contributed by atoms with Gasteiger partial charge in [-0.15, -0.1) is 11.3 Å². The lowest BCUT2D eigenvalue weighted by Gasteiger charge is -2.14. The third-order valence-electron chi connectivity index (χ3n) is 4.74. The van der Waals surface area contributed by atoms with Crippen LogP contribution in [0.25, 0.3) is 21.6 Å². The molecule has 0 radical (unpaired) electrons. The van der Waals surface area contributed by atoms with E-state index in [0.717, 1.165) is 16.9 Å². The van der Waals surface area contributed by atoms with Crippen molar-refractivity contribution in [1.29, 1.82) is 0 Å². The van der Waals surface area contributed by atoms with Crippen LogP contribution in [-0.2, 0) is 11.3 Å². The van der Waals surface area contributed by atoms with E-state index in [-0.39, 0.29) is 21.8 Å². The van der Waals surface area contributed by atoms with Gasteiger partial charge in [-0.2, -0.15) is 0 Å². The minimum atomic E-state index is -1.23. The van der Waals surface area contributed by atoms with Crippen LogP contribution >= 0.6 is 34.5 Å². The first-order chi connectivity index (χ1) is 15.2. The lowest BCUT2D eigenvalue weighted by atomic mass is 10.1. The zero-order chi connectivity index (χ0) is 23.0. The van der Waals surface area contributed by atoms with Crippen molar-refractivity contribution in [1.82, 2.24) is 9.55 Å². The summed E-state index contributed by atoms with van der Waals surface area (Å²) in [6, 6.07) is 11.9. The average Bonchev–Trinajstić information content (AvgIpc) is 3.17. The van der Waals surface area contributed by atoms with Crippen molar-refractivity contribution in [3.05, 3.63) is 79.4 Å². The Morgan fingerprint density at radius 3 is 2.53 bits per heavy atom. The molecule has 32 heavy (non-hydrogen) atoms. The van der Waals surface area contributed by atoms with Gasteiger partial charge in [0.1, 0.15) is 17.2 Å². The molecule has 0 aliphatic carbocycles. The number of nitrogens with one attached hydrogen (secondary N) is 1. The molecule has 2 N–H and O–H groups in total. The number of rotatable bonds is 5. The molecule has 0 aliphatic heterocycles. The van der Waals surface area contributed by atoms with E-state index < -0.39 is 24.0 Å². The van der Waals surface area contributed by atoms with Gasteiger partial charge in [-0.25, -0.2) is 9.78 Å². The average molecular weight is 488 g/mol. The molecular formula is C22H15Cl2N3O4S. The zero-order valence-electron chi connectivity index (χ0n) is 16.6. The number of carbonyl (C=O) groups excluding carboxylic acids is 1. The monoisotopic (exact) mass is 487 g/mol. The van der Waals surface area contributed by atoms with Gasteiger partial charge in [-0.3, -0.25) is 14.2 Å². The Hall–Kier alpha value is -3.20. The predicted molar refractivity (Wildman–Crippen MR) is 126 cm³/mol. The number of hydrogen-bond donors (Lipinski definition) is 2. The maximum absolute atomic E-state index is 13.3. The molecule has 2 heterocycles.